The number of fused-ring (bicyclic) bond motifs is 1. The molecule has 0 radical (unpaired) electrons. The summed E-state index contributed by atoms with van der Waals surface area (Å²) < 4.78 is 63.2. The topological polar surface area (TPSA) is 60.2 Å². The molecule has 2 aliphatic rings. The number of hydrogen-bond acceptors (Lipinski definition) is 4. The first-order valence-electron chi connectivity index (χ1n) is 10.5. The van der Waals surface area contributed by atoms with Crippen molar-refractivity contribution in [1.82, 2.24) is 14.8 Å². The van der Waals surface area contributed by atoms with Gasteiger partial charge in [-0.15, -0.1) is 10.2 Å². The number of alkyl halides is 4. The molecule has 0 spiro atoms. The number of rotatable bonds is 5. The summed E-state index contributed by atoms with van der Waals surface area (Å²) in [6.45, 7) is 2.37. The first-order chi connectivity index (χ1) is 15.8. The first kappa shape index (κ1) is 21.6. The number of nitrogens with zero attached hydrogens (tertiary/aromatic N) is 4. The van der Waals surface area contributed by atoms with Crippen molar-refractivity contribution >= 4 is 11.6 Å². The van der Waals surface area contributed by atoms with E-state index < -0.39 is 29.2 Å². The zero-order valence-electron chi connectivity index (χ0n) is 17.6. The molecule has 0 bridgehead atoms. The van der Waals surface area contributed by atoms with E-state index in [2.05, 4.69) is 10.2 Å². The van der Waals surface area contributed by atoms with Crippen LogP contribution in [0.3, 0.4) is 0 Å². The molecule has 172 valence electrons. The molecule has 3 heterocycles. The number of hydrogen-bond donors (Lipinski definition) is 0. The first-order valence-corrected chi connectivity index (χ1v) is 10.5. The number of amides is 1. The van der Waals surface area contributed by atoms with Crippen molar-refractivity contribution < 1.29 is 27.1 Å². The normalized spacial score (nSPS) is 18.2. The molecule has 0 aliphatic carbocycles. The Kier molecular flexibility index (Phi) is 5.00. The summed E-state index contributed by atoms with van der Waals surface area (Å²) in [6, 6.07) is 10.3. The van der Waals surface area contributed by atoms with Crippen molar-refractivity contribution in [2.24, 2.45) is 0 Å². The van der Waals surface area contributed by atoms with E-state index in [4.69, 9.17) is 4.74 Å². The summed E-state index contributed by atoms with van der Waals surface area (Å²) in [6.07, 6.45) is -4.61. The van der Waals surface area contributed by atoms with Gasteiger partial charge in [0.25, 0.3) is 5.91 Å². The average molecular weight is 460 g/mol. The number of carbonyl (C=O) groups excluding carboxylic acids is 1. The Hall–Kier alpha value is -3.27. The van der Waals surface area contributed by atoms with E-state index in [9.17, 15) is 18.0 Å². The molecular formula is C23H20F4N4O2. The Morgan fingerprint density at radius 3 is 2.61 bits per heavy atom. The molecule has 2 aliphatic heterocycles. The smallest absolute Gasteiger partial charge is 0.379 e. The number of halogens is 4. The van der Waals surface area contributed by atoms with Crippen LogP contribution in [0.4, 0.5) is 23.2 Å². The molecule has 3 aromatic rings. The van der Waals surface area contributed by atoms with Crippen LogP contribution in [-0.4, -0.2) is 33.9 Å². The van der Waals surface area contributed by atoms with Crippen LogP contribution in [0.1, 0.15) is 46.0 Å². The van der Waals surface area contributed by atoms with Crippen molar-refractivity contribution in [3.63, 3.8) is 0 Å². The van der Waals surface area contributed by atoms with Gasteiger partial charge >= 0.3 is 6.18 Å². The number of aromatic nitrogens is 3. The van der Waals surface area contributed by atoms with Crippen molar-refractivity contribution in [2.75, 3.05) is 18.1 Å². The van der Waals surface area contributed by atoms with Gasteiger partial charge in [-0.25, -0.2) is 4.39 Å². The lowest BCUT2D eigenvalue weighted by Crippen LogP contribution is -2.50. The van der Waals surface area contributed by atoms with Crippen LogP contribution < -0.4 is 4.90 Å². The summed E-state index contributed by atoms with van der Waals surface area (Å²) in [4.78, 5) is 14.3. The molecule has 0 unspecified atom stereocenters. The van der Waals surface area contributed by atoms with Crippen molar-refractivity contribution in [1.29, 1.82) is 0 Å². The van der Waals surface area contributed by atoms with Gasteiger partial charge in [0.2, 0.25) is 0 Å². The Balaban J connectivity index is 1.51. The fraction of sp³-hybridized carbons (Fsp3) is 0.348. The standard InChI is InChI=1S/C23H20F4N4O2/c1-2-30-13-28-29-20(30)19(24)22(11-33-12-22)14-5-3-6-15(9-14)31-10-17-16(21(31)32)7-4-8-18(17)23(25,26)27/h3-9,13,19H,2,10-12H2,1H3/t19-/m0/s1. The highest BCUT2D eigenvalue weighted by molar-refractivity contribution is 6.10. The van der Waals surface area contributed by atoms with Gasteiger partial charge in [-0.3, -0.25) is 4.79 Å². The Morgan fingerprint density at radius 2 is 1.94 bits per heavy atom. The van der Waals surface area contributed by atoms with Gasteiger partial charge in [0, 0.05) is 17.8 Å². The fourth-order valence-electron chi connectivity index (χ4n) is 4.52. The second kappa shape index (κ2) is 7.65. The van der Waals surface area contributed by atoms with Crippen LogP contribution in [0.15, 0.2) is 48.8 Å². The van der Waals surface area contributed by atoms with E-state index in [1.165, 1.54) is 23.4 Å². The maximum atomic E-state index is 15.8. The third-order valence-corrected chi connectivity index (χ3v) is 6.42. The minimum atomic E-state index is -4.56. The lowest BCUT2D eigenvalue weighted by molar-refractivity contribution is -0.138. The van der Waals surface area contributed by atoms with Crippen LogP contribution in [0.2, 0.25) is 0 Å². The highest BCUT2D eigenvalue weighted by Gasteiger charge is 2.51. The van der Waals surface area contributed by atoms with Crippen LogP contribution in [0, 0.1) is 0 Å². The SMILES string of the molecule is CCn1cnnc1[C@H](F)C1(c2cccc(N3Cc4c(cccc4C(F)(F)F)C3=O)c2)COC1. The third kappa shape index (κ3) is 3.31. The number of aryl methyl sites for hydroxylation is 1. The molecule has 2 aromatic carbocycles. The van der Waals surface area contributed by atoms with Crippen molar-refractivity contribution in [3.05, 3.63) is 76.9 Å². The predicted octanol–water partition coefficient (Wildman–Crippen LogP) is 4.46. The zero-order chi connectivity index (χ0) is 23.4. The molecule has 0 saturated carbocycles. The van der Waals surface area contributed by atoms with Crippen LogP contribution in [0.25, 0.3) is 0 Å². The van der Waals surface area contributed by atoms with E-state index in [0.29, 0.717) is 17.8 Å². The molecule has 5 rings (SSSR count). The molecule has 10 heteroatoms. The summed E-state index contributed by atoms with van der Waals surface area (Å²) in [5.74, 6) is -0.333. The highest BCUT2D eigenvalue weighted by atomic mass is 19.4. The van der Waals surface area contributed by atoms with Crippen molar-refractivity contribution in [3.8, 4) is 0 Å². The Labute approximate surface area is 186 Å². The van der Waals surface area contributed by atoms with Crippen LogP contribution in [-0.2, 0) is 29.4 Å². The number of ether oxygens (including phenoxy) is 1. The molecule has 1 fully saturated rings. The molecule has 1 aromatic heterocycles. The van der Waals surface area contributed by atoms with Gasteiger partial charge in [0.15, 0.2) is 12.0 Å². The Bertz CT molecular complexity index is 1220. The molecule has 1 atom stereocenters. The monoisotopic (exact) mass is 460 g/mol. The predicted molar refractivity (Wildman–Crippen MR) is 110 cm³/mol. The summed E-state index contributed by atoms with van der Waals surface area (Å²) in [5.41, 5.74) is -0.888. The maximum Gasteiger partial charge on any atom is 0.416 e. The average Bonchev–Trinajstić information content (AvgIpc) is 3.37. The van der Waals surface area contributed by atoms with Gasteiger partial charge < -0.3 is 14.2 Å². The van der Waals surface area contributed by atoms with Gasteiger partial charge in [-0.1, -0.05) is 18.2 Å². The van der Waals surface area contributed by atoms with Crippen molar-refractivity contribution in [2.45, 2.75) is 37.8 Å². The van der Waals surface area contributed by atoms with Gasteiger partial charge in [-0.2, -0.15) is 13.2 Å². The van der Waals surface area contributed by atoms with Gasteiger partial charge in [-0.05, 0) is 42.3 Å². The molecule has 1 saturated heterocycles. The minimum absolute atomic E-state index is 0.0244. The maximum absolute atomic E-state index is 15.8. The van der Waals surface area contributed by atoms with E-state index in [1.54, 1.807) is 28.8 Å². The summed E-state index contributed by atoms with van der Waals surface area (Å²) in [7, 11) is 0. The minimum Gasteiger partial charge on any atom is -0.379 e. The zero-order valence-corrected chi connectivity index (χ0v) is 17.6. The Morgan fingerprint density at radius 1 is 1.18 bits per heavy atom. The van der Waals surface area contributed by atoms with E-state index in [1.807, 2.05) is 6.92 Å². The van der Waals surface area contributed by atoms with E-state index in [-0.39, 0.29) is 36.7 Å². The lowest BCUT2D eigenvalue weighted by Gasteiger charge is -2.44. The highest BCUT2D eigenvalue weighted by Crippen LogP contribution is 2.46. The molecular weight excluding hydrogens is 440 g/mol. The van der Waals surface area contributed by atoms with Gasteiger partial charge in [0.1, 0.15) is 6.33 Å². The fourth-order valence-corrected chi connectivity index (χ4v) is 4.52. The molecule has 1 amide bonds. The number of carbonyl (C=O) groups is 1. The molecule has 33 heavy (non-hydrogen) atoms. The van der Waals surface area contributed by atoms with E-state index in [0.717, 1.165) is 6.07 Å². The van der Waals surface area contributed by atoms with Crippen LogP contribution in [0.5, 0.6) is 0 Å². The second-order valence-corrected chi connectivity index (χ2v) is 8.26. The molecule has 0 N–H and O–H groups in total. The lowest BCUT2D eigenvalue weighted by atomic mass is 9.74. The largest absolute Gasteiger partial charge is 0.416 e. The number of benzene rings is 2. The summed E-state index contributed by atoms with van der Waals surface area (Å²) in [5, 5.41) is 7.75. The molecule has 6 nitrogen and oxygen atoms in total. The van der Waals surface area contributed by atoms with Gasteiger partial charge in [0.05, 0.1) is 30.7 Å². The van der Waals surface area contributed by atoms with Crippen LogP contribution >= 0.6 is 0 Å². The third-order valence-electron chi connectivity index (χ3n) is 6.42. The van der Waals surface area contributed by atoms with E-state index >= 15 is 4.39 Å². The quantitative estimate of drug-likeness (QED) is 0.528. The summed E-state index contributed by atoms with van der Waals surface area (Å²) >= 11 is 0. The second-order valence-electron chi connectivity index (χ2n) is 8.26. The number of anilines is 1.